The highest BCUT2D eigenvalue weighted by molar-refractivity contribution is 8.00. The molecule has 0 bridgehead atoms. The predicted molar refractivity (Wildman–Crippen MR) is 41.4 cm³/mol. The average Bonchev–Trinajstić information content (AvgIpc) is 1.87. The number of carbonyl (C=O) groups is 1. The minimum Gasteiger partial charge on any atom is -0.481 e. The number of nitrogens with two attached hydrogens (primary N) is 2. The molecule has 0 aliphatic rings. The number of rotatable bonds is 4. The molecule has 0 aromatic rings. The third kappa shape index (κ3) is 5.30. The third-order valence-corrected chi connectivity index (χ3v) is 1.70. The molecule has 0 heterocycles. The van der Waals surface area contributed by atoms with E-state index in [1.165, 1.54) is 18.0 Å². The topological polar surface area (TPSA) is 89.3 Å². The number of aliphatic carboxylic acids is 1. The Labute approximate surface area is 63.3 Å². The van der Waals surface area contributed by atoms with E-state index in [0.717, 1.165) is 0 Å². The van der Waals surface area contributed by atoms with Crippen molar-refractivity contribution in [3.63, 3.8) is 0 Å². The number of hydrogen-bond acceptors (Lipinski definition) is 4. The first kappa shape index (κ1) is 9.16. The molecule has 0 aliphatic carbocycles. The maximum absolute atomic E-state index is 9.96. The highest BCUT2D eigenvalue weighted by atomic mass is 32.2. The standard InChI is InChI=1S/C5H10N2O2S/c6-1-4(7)2-10-3-5(8)9/h1H,2-3,6-7H2,(H,8,9)/b4-1-. The molecule has 4 nitrogen and oxygen atoms in total. The van der Waals surface area contributed by atoms with Crippen molar-refractivity contribution in [2.24, 2.45) is 11.5 Å². The molecule has 5 heteroatoms. The summed E-state index contributed by atoms with van der Waals surface area (Å²) in [6.45, 7) is 0. The van der Waals surface area contributed by atoms with Crippen LogP contribution in [0.25, 0.3) is 0 Å². The van der Waals surface area contributed by atoms with Crippen LogP contribution in [0.4, 0.5) is 0 Å². The van der Waals surface area contributed by atoms with Crippen molar-refractivity contribution in [3.8, 4) is 0 Å². The van der Waals surface area contributed by atoms with Crippen molar-refractivity contribution in [2.45, 2.75) is 0 Å². The normalized spacial score (nSPS) is 11.4. The van der Waals surface area contributed by atoms with Gasteiger partial charge in [0.25, 0.3) is 0 Å². The molecule has 0 rings (SSSR count). The van der Waals surface area contributed by atoms with Crippen molar-refractivity contribution in [1.29, 1.82) is 0 Å². The summed E-state index contributed by atoms with van der Waals surface area (Å²) < 4.78 is 0. The number of thioether (sulfide) groups is 1. The Hall–Kier alpha value is -0.840. The molecule has 5 N–H and O–H groups in total. The Morgan fingerprint density at radius 2 is 2.20 bits per heavy atom. The van der Waals surface area contributed by atoms with E-state index in [1.54, 1.807) is 0 Å². The fourth-order valence-corrected chi connectivity index (χ4v) is 0.913. The zero-order valence-corrected chi connectivity index (χ0v) is 6.23. The highest BCUT2D eigenvalue weighted by Crippen LogP contribution is 2.01. The van der Waals surface area contributed by atoms with Gasteiger partial charge in [0.1, 0.15) is 0 Å². The van der Waals surface area contributed by atoms with Crippen LogP contribution in [0.3, 0.4) is 0 Å². The SMILES string of the molecule is N/C=C(\N)CSCC(=O)O. The summed E-state index contributed by atoms with van der Waals surface area (Å²) >= 11 is 1.22. The zero-order valence-electron chi connectivity index (χ0n) is 5.41. The molecular weight excluding hydrogens is 152 g/mol. The van der Waals surface area contributed by atoms with Crippen LogP contribution in [0.15, 0.2) is 11.9 Å². The van der Waals surface area contributed by atoms with Crippen LogP contribution in [-0.4, -0.2) is 22.6 Å². The van der Waals surface area contributed by atoms with Gasteiger partial charge in [-0.15, -0.1) is 11.8 Å². The van der Waals surface area contributed by atoms with Crippen molar-refractivity contribution < 1.29 is 9.90 Å². The van der Waals surface area contributed by atoms with Gasteiger partial charge in [-0.25, -0.2) is 0 Å². The smallest absolute Gasteiger partial charge is 0.313 e. The molecule has 0 saturated heterocycles. The summed E-state index contributed by atoms with van der Waals surface area (Å²) in [6.07, 6.45) is 1.27. The zero-order chi connectivity index (χ0) is 7.98. The van der Waals surface area contributed by atoms with E-state index in [2.05, 4.69) is 0 Å². The van der Waals surface area contributed by atoms with Crippen LogP contribution in [0.1, 0.15) is 0 Å². The summed E-state index contributed by atoms with van der Waals surface area (Å²) in [4.78, 5) is 9.96. The summed E-state index contributed by atoms with van der Waals surface area (Å²) in [6, 6.07) is 0. The number of carboxylic acid groups (broad SMARTS) is 1. The Morgan fingerprint density at radius 1 is 1.60 bits per heavy atom. The lowest BCUT2D eigenvalue weighted by atomic mass is 10.6. The number of carboxylic acids is 1. The van der Waals surface area contributed by atoms with Gasteiger partial charge in [0.05, 0.1) is 5.75 Å². The molecule has 0 aliphatic heterocycles. The van der Waals surface area contributed by atoms with Crippen LogP contribution in [-0.2, 0) is 4.79 Å². The van der Waals surface area contributed by atoms with E-state index in [-0.39, 0.29) is 5.75 Å². The first-order valence-electron chi connectivity index (χ1n) is 2.62. The van der Waals surface area contributed by atoms with Crippen LogP contribution in [0.2, 0.25) is 0 Å². The van der Waals surface area contributed by atoms with Crippen molar-refractivity contribution >= 4 is 17.7 Å². The third-order valence-electron chi connectivity index (χ3n) is 0.708. The molecule has 58 valence electrons. The van der Waals surface area contributed by atoms with Crippen molar-refractivity contribution in [1.82, 2.24) is 0 Å². The summed E-state index contributed by atoms with van der Waals surface area (Å²) in [5, 5.41) is 8.19. The van der Waals surface area contributed by atoms with Gasteiger partial charge in [-0.1, -0.05) is 0 Å². The average molecular weight is 162 g/mol. The van der Waals surface area contributed by atoms with Gasteiger partial charge in [0.2, 0.25) is 0 Å². The molecule has 0 radical (unpaired) electrons. The second-order valence-corrected chi connectivity index (χ2v) is 2.61. The van der Waals surface area contributed by atoms with Gasteiger partial charge in [-0.2, -0.15) is 0 Å². The van der Waals surface area contributed by atoms with E-state index in [0.29, 0.717) is 11.4 Å². The summed E-state index contributed by atoms with van der Waals surface area (Å²) in [5.41, 5.74) is 10.8. The second kappa shape index (κ2) is 4.99. The minimum absolute atomic E-state index is 0.0640. The molecular formula is C5H10N2O2S. The van der Waals surface area contributed by atoms with E-state index in [1.807, 2.05) is 0 Å². The molecule has 0 unspecified atom stereocenters. The van der Waals surface area contributed by atoms with Gasteiger partial charge in [-0.05, 0) is 0 Å². The number of hydrogen-bond donors (Lipinski definition) is 3. The van der Waals surface area contributed by atoms with Crippen molar-refractivity contribution in [3.05, 3.63) is 11.9 Å². The van der Waals surface area contributed by atoms with E-state index in [9.17, 15) is 4.79 Å². The van der Waals surface area contributed by atoms with Crippen molar-refractivity contribution in [2.75, 3.05) is 11.5 Å². The molecule has 0 aromatic heterocycles. The molecule has 0 amide bonds. The fourth-order valence-electron chi connectivity index (χ4n) is 0.304. The van der Waals surface area contributed by atoms with Crippen LogP contribution in [0, 0.1) is 0 Å². The first-order chi connectivity index (χ1) is 4.66. The lowest BCUT2D eigenvalue weighted by Gasteiger charge is -1.96. The van der Waals surface area contributed by atoms with E-state index >= 15 is 0 Å². The second-order valence-electron chi connectivity index (χ2n) is 1.63. The minimum atomic E-state index is -0.838. The molecule has 0 saturated carbocycles. The van der Waals surface area contributed by atoms with Crippen LogP contribution < -0.4 is 11.5 Å². The Balaban J connectivity index is 3.29. The van der Waals surface area contributed by atoms with Gasteiger partial charge in [0.15, 0.2) is 0 Å². The summed E-state index contributed by atoms with van der Waals surface area (Å²) in [7, 11) is 0. The lowest BCUT2D eigenvalue weighted by molar-refractivity contribution is -0.133. The highest BCUT2D eigenvalue weighted by Gasteiger charge is 1.96. The molecule has 10 heavy (non-hydrogen) atoms. The molecule has 0 fully saturated rings. The van der Waals surface area contributed by atoms with E-state index < -0.39 is 5.97 Å². The fraction of sp³-hybridized carbons (Fsp3) is 0.400. The van der Waals surface area contributed by atoms with Gasteiger partial charge in [-0.3, -0.25) is 4.79 Å². The van der Waals surface area contributed by atoms with Gasteiger partial charge < -0.3 is 16.6 Å². The largest absolute Gasteiger partial charge is 0.481 e. The summed E-state index contributed by atoms with van der Waals surface area (Å²) in [5.74, 6) is -0.299. The van der Waals surface area contributed by atoms with Crippen LogP contribution in [0.5, 0.6) is 0 Å². The maximum Gasteiger partial charge on any atom is 0.313 e. The predicted octanol–water partition coefficient (Wildman–Crippen LogP) is -0.437. The molecule has 0 atom stereocenters. The molecule has 0 aromatic carbocycles. The van der Waals surface area contributed by atoms with Crippen LogP contribution >= 0.6 is 11.8 Å². The lowest BCUT2D eigenvalue weighted by Crippen LogP contribution is -2.06. The maximum atomic E-state index is 9.96. The monoisotopic (exact) mass is 162 g/mol. The van der Waals surface area contributed by atoms with E-state index in [4.69, 9.17) is 16.6 Å². The first-order valence-corrected chi connectivity index (χ1v) is 3.78. The Morgan fingerprint density at radius 3 is 2.60 bits per heavy atom. The quantitative estimate of drug-likeness (QED) is 0.521. The van der Waals surface area contributed by atoms with Gasteiger partial charge in [0, 0.05) is 17.6 Å². The van der Waals surface area contributed by atoms with Gasteiger partial charge >= 0.3 is 5.97 Å². The Kier molecular flexibility index (Phi) is 4.57. The molecule has 0 spiro atoms. The Bertz CT molecular complexity index is 147.